The number of nitrogens with zero attached hydrogens (tertiary/aromatic N) is 1. The second-order valence-corrected chi connectivity index (χ2v) is 3.29. The van der Waals surface area contributed by atoms with Crippen molar-refractivity contribution >= 4 is 17.1 Å². The molecule has 0 fully saturated rings. The van der Waals surface area contributed by atoms with Crippen molar-refractivity contribution < 1.29 is 19.1 Å². The van der Waals surface area contributed by atoms with Gasteiger partial charge in [-0.05, 0) is 12.1 Å². The maximum absolute atomic E-state index is 10.9. The second-order valence-electron chi connectivity index (χ2n) is 3.29. The maximum Gasteiger partial charge on any atom is 0.335 e. The number of carbonyl (C=O) groups is 1. The van der Waals surface area contributed by atoms with Gasteiger partial charge in [-0.25, -0.2) is 9.78 Å². The third-order valence-corrected chi connectivity index (χ3v) is 2.27. The van der Waals surface area contributed by atoms with E-state index in [4.69, 9.17) is 14.3 Å². The molecule has 5 heteroatoms. The first-order valence-corrected chi connectivity index (χ1v) is 4.86. The number of aryl methyl sites for hydroxylation is 1. The van der Waals surface area contributed by atoms with Crippen LogP contribution in [0.15, 0.2) is 16.5 Å². The average molecular weight is 221 g/mol. The summed E-state index contributed by atoms with van der Waals surface area (Å²) in [6, 6.07) is 2.89. The number of carboxylic acid groups (broad SMARTS) is 1. The molecule has 2 rings (SSSR count). The normalized spacial score (nSPS) is 10.6. The van der Waals surface area contributed by atoms with Gasteiger partial charge in [0.25, 0.3) is 0 Å². The highest BCUT2D eigenvalue weighted by Gasteiger charge is 2.14. The summed E-state index contributed by atoms with van der Waals surface area (Å²) in [5.41, 5.74) is 1.13. The van der Waals surface area contributed by atoms with Gasteiger partial charge in [0.1, 0.15) is 5.75 Å². The lowest BCUT2D eigenvalue weighted by Gasteiger charge is -2.01. The molecular formula is C11H11NO4. The van der Waals surface area contributed by atoms with E-state index < -0.39 is 5.97 Å². The zero-order chi connectivity index (χ0) is 11.7. The summed E-state index contributed by atoms with van der Waals surface area (Å²) in [6.07, 6.45) is 0.653. The van der Waals surface area contributed by atoms with Crippen molar-refractivity contribution in [2.24, 2.45) is 0 Å². The molecule has 1 aromatic heterocycles. The zero-order valence-corrected chi connectivity index (χ0v) is 8.98. The number of methoxy groups -OCH3 is 1. The lowest BCUT2D eigenvalue weighted by atomic mass is 10.2. The molecule has 0 amide bonds. The predicted octanol–water partition coefficient (Wildman–Crippen LogP) is 2.10. The molecular weight excluding hydrogens is 210 g/mol. The quantitative estimate of drug-likeness (QED) is 0.859. The van der Waals surface area contributed by atoms with Crippen LogP contribution in [0.1, 0.15) is 23.2 Å². The van der Waals surface area contributed by atoms with E-state index in [2.05, 4.69) is 4.98 Å². The van der Waals surface area contributed by atoms with Crippen LogP contribution in [0.4, 0.5) is 0 Å². The molecule has 16 heavy (non-hydrogen) atoms. The van der Waals surface area contributed by atoms with Crippen LogP contribution in [0.3, 0.4) is 0 Å². The van der Waals surface area contributed by atoms with Crippen LogP contribution >= 0.6 is 0 Å². The van der Waals surface area contributed by atoms with Gasteiger partial charge in [0.05, 0.1) is 12.7 Å². The number of ether oxygens (including phenoxy) is 1. The lowest BCUT2D eigenvalue weighted by molar-refractivity contribution is 0.0696. The van der Waals surface area contributed by atoms with Gasteiger partial charge in [-0.15, -0.1) is 0 Å². The fourth-order valence-corrected chi connectivity index (χ4v) is 1.48. The number of oxazole rings is 1. The zero-order valence-electron chi connectivity index (χ0n) is 8.98. The van der Waals surface area contributed by atoms with Crippen LogP contribution in [-0.4, -0.2) is 23.2 Å². The van der Waals surface area contributed by atoms with E-state index in [0.717, 1.165) is 0 Å². The fraction of sp³-hybridized carbons (Fsp3) is 0.273. The number of rotatable bonds is 3. The topological polar surface area (TPSA) is 72.6 Å². The molecule has 1 aromatic carbocycles. The van der Waals surface area contributed by atoms with E-state index in [1.807, 2.05) is 6.92 Å². The van der Waals surface area contributed by atoms with Crippen molar-refractivity contribution in [3.05, 3.63) is 23.6 Å². The van der Waals surface area contributed by atoms with E-state index in [1.165, 1.54) is 19.2 Å². The van der Waals surface area contributed by atoms with Crippen molar-refractivity contribution in [2.45, 2.75) is 13.3 Å². The molecule has 5 nitrogen and oxygen atoms in total. The molecule has 0 aliphatic carbocycles. The van der Waals surface area contributed by atoms with Crippen molar-refractivity contribution in [3.63, 3.8) is 0 Å². The van der Waals surface area contributed by atoms with Gasteiger partial charge in [0, 0.05) is 6.42 Å². The highest BCUT2D eigenvalue weighted by Crippen LogP contribution is 2.27. The minimum absolute atomic E-state index is 0.128. The highest BCUT2D eigenvalue weighted by molar-refractivity contribution is 5.94. The Morgan fingerprint density at radius 2 is 2.31 bits per heavy atom. The first kappa shape index (κ1) is 10.5. The van der Waals surface area contributed by atoms with Gasteiger partial charge in [-0.3, -0.25) is 0 Å². The predicted molar refractivity (Wildman–Crippen MR) is 56.9 cm³/mol. The van der Waals surface area contributed by atoms with Crippen LogP contribution < -0.4 is 4.74 Å². The van der Waals surface area contributed by atoms with E-state index in [-0.39, 0.29) is 5.56 Å². The summed E-state index contributed by atoms with van der Waals surface area (Å²) in [5.74, 6) is -0.0381. The molecule has 0 unspecified atom stereocenters. The second kappa shape index (κ2) is 3.84. The molecule has 1 N–H and O–H groups in total. The molecule has 0 aliphatic heterocycles. The largest absolute Gasteiger partial charge is 0.494 e. The van der Waals surface area contributed by atoms with Crippen molar-refractivity contribution in [2.75, 3.05) is 7.11 Å². The number of aromatic nitrogens is 1. The van der Waals surface area contributed by atoms with Crippen LogP contribution in [0.5, 0.6) is 5.75 Å². The summed E-state index contributed by atoms with van der Waals surface area (Å²) >= 11 is 0. The molecule has 0 aliphatic rings. The molecule has 0 saturated carbocycles. The monoisotopic (exact) mass is 221 g/mol. The summed E-state index contributed by atoms with van der Waals surface area (Å²) in [7, 11) is 1.47. The summed E-state index contributed by atoms with van der Waals surface area (Å²) in [5, 5.41) is 8.91. The number of benzene rings is 1. The number of hydrogen-bond donors (Lipinski definition) is 1. The van der Waals surface area contributed by atoms with Crippen LogP contribution in [0.2, 0.25) is 0 Å². The lowest BCUT2D eigenvalue weighted by Crippen LogP contribution is -1.97. The van der Waals surface area contributed by atoms with Gasteiger partial charge in [0.2, 0.25) is 0 Å². The molecule has 2 aromatic rings. The Hall–Kier alpha value is -2.04. The van der Waals surface area contributed by atoms with Crippen molar-refractivity contribution in [1.82, 2.24) is 4.98 Å². The Bertz CT molecular complexity index is 544. The Labute approximate surface area is 91.7 Å². The number of aromatic carboxylic acids is 1. The van der Waals surface area contributed by atoms with Gasteiger partial charge in [-0.2, -0.15) is 0 Å². The van der Waals surface area contributed by atoms with Gasteiger partial charge in [0.15, 0.2) is 17.0 Å². The molecule has 0 atom stereocenters. The van der Waals surface area contributed by atoms with Crippen molar-refractivity contribution in [1.29, 1.82) is 0 Å². The third-order valence-electron chi connectivity index (χ3n) is 2.27. The molecule has 1 heterocycles. The maximum atomic E-state index is 10.9. The summed E-state index contributed by atoms with van der Waals surface area (Å²) < 4.78 is 10.5. The van der Waals surface area contributed by atoms with E-state index in [0.29, 0.717) is 29.2 Å². The molecule has 0 saturated heterocycles. The Kier molecular flexibility index (Phi) is 2.52. The smallest absolute Gasteiger partial charge is 0.335 e. The number of hydrogen-bond acceptors (Lipinski definition) is 4. The molecule has 0 bridgehead atoms. The van der Waals surface area contributed by atoms with Gasteiger partial charge >= 0.3 is 5.97 Å². The number of fused-ring (bicyclic) bond motifs is 1. The van der Waals surface area contributed by atoms with Gasteiger partial charge in [-0.1, -0.05) is 6.92 Å². The van der Waals surface area contributed by atoms with Crippen LogP contribution in [-0.2, 0) is 6.42 Å². The summed E-state index contributed by atoms with van der Waals surface area (Å²) in [6.45, 7) is 1.91. The first-order chi connectivity index (χ1) is 7.65. The first-order valence-electron chi connectivity index (χ1n) is 4.86. The average Bonchev–Trinajstić information content (AvgIpc) is 2.70. The van der Waals surface area contributed by atoms with E-state index in [9.17, 15) is 4.79 Å². The fourth-order valence-electron chi connectivity index (χ4n) is 1.48. The SMILES string of the molecule is CCc1nc2c(OC)cc(C(=O)O)cc2o1. The summed E-state index contributed by atoms with van der Waals surface area (Å²) in [4.78, 5) is 15.1. The van der Waals surface area contributed by atoms with E-state index in [1.54, 1.807) is 0 Å². The molecule has 0 spiro atoms. The third kappa shape index (κ3) is 1.60. The van der Waals surface area contributed by atoms with Crippen molar-refractivity contribution in [3.8, 4) is 5.75 Å². The molecule has 0 radical (unpaired) electrons. The van der Waals surface area contributed by atoms with Crippen LogP contribution in [0.25, 0.3) is 11.1 Å². The highest BCUT2D eigenvalue weighted by atomic mass is 16.5. The minimum Gasteiger partial charge on any atom is -0.494 e. The minimum atomic E-state index is -1.02. The Morgan fingerprint density at radius 3 is 2.88 bits per heavy atom. The molecule has 84 valence electrons. The number of carboxylic acids is 1. The van der Waals surface area contributed by atoms with Crippen LogP contribution in [0, 0.1) is 0 Å². The Morgan fingerprint density at radius 1 is 1.56 bits per heavy atom. The van der Waals surface area contributed by atoms with E-state index >= 15 is 0 Å². The standard InChI is InChI=1S/C11H11NO4/c1-3-9-12-10-7(15-2)4-6(11(13)14)5-8(10)16-9/h4-5H,3H2,1-2H3,(H,13,14). The van der Waals surface area contributed by atoms with Gasteiger partial charge < -0.3 is 14.3 Å². The Balaban J connectivity index is 2.70.